The topological polar surface area (TPSA) is 191 Å². The lowest BCUT2D eigenvalue weighted by atomic mass is 9.93. The molecule has 0 radical (unpaired) electrons. The Bertz CT molecular complexity index is 926. The predicted octanol–water partition coefficient (Wildman–Crippen LogP) is 1.61. The van der Waals surface area contributed by atoms with E-state index in [1.165, 1.54) is 42.6 Å². The summed E-state index contributed by atoms with van der Waals surface area (Å²) >= 11 is 0. The molecule has 0 aliphatic rings. The van der Waals surface area contributed by atoms with Crippen molar-refractivity contribution in [3.63, 3.8) is 0 Å². The highest BCUT2D eigenvalue weighted by Gasteiger charge is 2.27. The lowest BCUT2D eigenvalue weighted by molar-refractivity contribution is -0.149. The molecule has 0 fully saturated rings. The van der Waals surface area contributed by atoms with E-state index in [9.17, 15) is 29.4 Å². The van der Waals surface area contributed by atoms with Gasteiger partial charge in [-0.25, -0.2) is 0 Å². The van der Waals surface area contributed by atoms with Crippen LogP contribution in [0.3, 0.4) is 0 Å². The Labute approximate surface area is 242 Å². The molecular formula is C29H47N3O9. The maximum Gasteiger partial charge on any atom is 0.320 e. The molecule has 1 rings (SSSR count). The maximum atomic E-state index is 12.5. The second-order valence-electron chi connectivity index (χ2n) is 10.6. The Kier molecular flexibility index (Phi) is 17.5. The number of nitrogens with two attached hydrogens (primary N) is 1. The molecule has 1 atom stereocenters. The van der Waals surface area contributed by atoms with Gasteiger partial charge in [-0.15, -0.1) is 0 Å². The summed E-state index contributed by atoms with van der Waals surface area (Å²) in [4.78, 5) is 48.0. The summed E-state index contributed by atoms with van der Waals surface area (Å²) in [7, 11) is 0. The Hall–Kier alpha value is -3.06. The van der Waals surface area contributed by atoms with Crippen molar-refractivity contribution >= 4 is 23.9 Å². The smallest absolute Gasteiger partial charge is 0.320 e. The SMILES string of the molecule is CCCCCCCCc1ccc(CCC(N)(CO)COC(=O)CN(CCN(CC(=O)O)CC(=O)O)CC(=O)O)cc1. The fourth-order valence-electron chi connectivity index (χ4n) is 4.31. The number of carbonyl (C=O) groups is 4. The number of aliphatic carboxylic acids is 3. The normalized spacial score (nSPS) is 12.8. The number of hydrogen-bond acceptors (Lipinski definition) is 9. The van der Waals surface area contributed by atoms with Crippen LogP contribution in [0.15, 0.2) is 24.3 Å². The van der Waals surface area contributed by atoms with Crippen LogP contribution in [0.5, 0.6) is 0 Å². The highest BCUT2D eigenvalue weighted by atomic mass is 16.5. The number of aliphatic hydroxyl groups excluding tert-OH is 1. The van der Waals surface area contributed by atoms with Gasteiger partial charge >= 0.3 is 23.9 Å². The molecule has 6 N–H and O–H groups in total. The molecule has 41 heavy (non-hydrogen) atoms. The standard InChI is InChI=1S/C29H47N3O9/c1-2-3-4-5-6-7-8-23-9-11-24(12-10-23)13-14-29(30,21-33)22-41-28(40)20-32(19-27(38)39)16-15-31(17-25(34)35)18-26(36)37/h9-12,33H,2-8,13-22,30H2,1H3,(H,34,35)(H,36,37)(H,38,39). The fraction of sp³-hybridized carbons (Fsp3) is 0.655. The second kappa shape index (κ2) is 19.9. The molecule has 0 saturated heterocycles. The molecule has 0 bridgehead atoms. The van der Waals surface area contributed by atoms with Gasteiger partial charge in [0.25, 0.3) is 0 Å². The third-order valence-electron chi connectivity index (χ3n) is 6.75. The van der Waals surface area contributed by atoms with Crippen molar-refractivity contribution in [2.75, 3.05) is 52.5 Å². The number of benzene rings is 1. The van der Waals surface area contributed by atoms with Gasteiger partial charge < -0.3 is 30.9 Å². The number of aryl methyl sites for hydroxylation is 2. The van der Waals surface area contributed by atoms with Crippen molar-refractivity contribution < 1.29 is 44.3 Å². The van der Waals surface area contributed by atoms with Gasteiger partial charge in [-0.2, -0.15) is 0 Å². The van der Waals surface area contributed by atoms with Gasteiger partial charge in [0.1, 0.15) is 6.61 Å². The second-order valence-corrected chi connectivity index (χ2v) is 10.6. The van der Waals surface area contributed by atoms with Gasteiger partial charge in [-0.05, 0) is 36.8 Å². The monoisotopic (exact) mass is 581 g/mol. The van der Waals surface area contributed by atoms with Crippen LogP contribution in [0.1, 0.15) is 63.0 Å². The zero-order valence-electron chi connectivity index (χ0n) is 24.1. The lowest BCUT2D eigenvalue weighted by Gasteiger charge is -2.28. The Balaban J connectivity index is 2.56. The molecule has 0 aliphatic carbocycles. The van der Waals surface area contributed by atoms with E-state index in [4.69, 9.17) is 20.7 Å². The van der Waals surface area contributed by atoms with Gasteiger partial charge in [0.15, 0.2) is 0 Å². The van der Waals surface area contributed by atoms with Crippen LogP contribution < -0.4 is 5.73 Å². The molecule has 0 saturated carbocycles. The number of carboxylic acid groups (broad SMARTS) is 3. The van der Waals surface area contributed by atoms with Crippen LogP contribution in [0, 0.1) is 0 Å². The average Bonchev–Trinajstić information content (AvgIpc) is 2.91. The number of esters is 1. The molecule has 0 aromatic heterocycles. The fourth-order valence-corrected chi connectivity index (χ4v) is 4.31. The van der Waals surface area contributed by atoms with Gasteiger partial charge in [0, 0.05) is 13.1 Å². The average molecular weight is 582 g/mol. The number of rotatable bonds is 24. The van der Waals surface area contributed by atoms with E-state index in [0.29, 0.717) is 12.8 Å². The highest BCUT2D eigenvalue weighted by Crippen LogP contribution is 2.16. The molecule has 0 amide bonds. The molecule has 1 aromatic rings. The van der Waals surface area contributed by atoms with E-state index in [1.807, 2.05) is 12.1 Å². The molecule has 0 heterocycles. The van der Waals surface area contributed by atoms with Crippen molar-refractivity contribution in [2.24, 2.45) is 5.73 Å². The Morgan fingerprint density at radius 3 is 1.71 bits per heavy atom. The van der Waals surface area contributed by atoms with Crippen molar-refractivity contribution in [2.45, 2.75) is 70.3 Å². The first-order valence-electron chi connectivity index (χ1n) is 14.2. The van der Waals surface area contributed by atoms with E-state index >= 15 is 0 Å². The number of hydrogen-bond donors (Lipinski definition) is 5. The zero-order chi connectivity index (χ0) is 30.7. The van der Waals surface area contributed by atoms with Gasteiger partial charge in [-0.3, -0.25) is 29.0 Å². The van der Waals surface area contributed by atoms with Crippen LogP contribution in [0.25, 0.3) is 0 Å². The highest BCUT2D eigenvalue weighted by molar-refractivity contribution is 5.74. The summed E-state index contributed by atoms with van der Waals surface area (Å²) in [6.45, 7) is -0.721. The summed E-state index contributed by atoms with van der Waals surface area (Å²) in [6.07, 6.45) is 9.45. The van der Waals surface area contributed by atoms with Gasteiger partial charge in [0.05, 0.1) is 38.3 Å². The quantitative estimate of drug-likeness (QED) is 0.0877. The molecule has 12 nitrogen and oxygen atoms in total. The van der Waals surface area contributed by atoms with Crippen LogP contribution in [-0.4, -0.2) is 112 Å². The molecule has 12 heteroatoms. The summed E-state index contributed by atoms with van der Waals surface area (Å²) in [5.74, 6) is -4.45. The number of nitrogens with zero attached hydrogens (tertiary/aromatic N) is 2. The minimum atomic E-state index is -1.23. The molecule has 1 aromatic carbocycles. The van der Waals surface area contributed by atoms with Crippen molar-refractivity contribution in [3.8, 4) is 0 Å². The third-order valence-corrected chi connectivity index (χ3v) is 6.75. The van der Waals surface area contributed by atoms with E-state index in [-0.39, 0.29) is 19.7 Å². The summed E-state index contributed by atoms with van der Waals surface area (Å²) in [5.41, 5.74) is 7.42. The summed E-state index contributed by atoms with van der Waals surface area (Å²) < 4.78 is 5.27. The molecular weight excluding hydrogens is 534 g/mol. The predicted molar refractivity (Wildman–Crippen MR) is 153 cm³/mol. The molecule has 0 spiro atoms. The minimum Gasteiger partial charge on any atom is -0.480 e. The molecule has 0 aliphatic heterocycles. The number of ether oxygens (including phenoxy) is 1. The van der Waals surface area contributed by atoms with Crippen molar-refractivity contribution in [1.82, 2.24) is 9.80 Å². The number of carbonyl (C=O) groups excluding carboxylic acids is 1. The number of carboxylic acids is 3. The first-order valence-corrected chi connectivity index (χ1v) is 14.2. The zero-order valence-corrected chi connectivity index (χ0v) is 24.1. The maximum absolute atomic E-state index is 12.5. The minimum absolute atomic E-state index is 0.0788. The van der Waals surface area contributed by atoms with E-state index in [1.54, 1.807) is 0 Å². The van der Waals surface area contributed by atoms with Crippen LogP contribution >= 0.6 is 0 Å². The molecule has 232 valence electrons. The van der Waals surface area contributed by atoms with Crippen LogP contribution in [0.2, 0.25) is 0 Å². The van der Waals surface area contributed by atoms with Gasteiger partial charge in [0.2, 0.25) is 0 Å². The number of aliphatic hydroxyl groups is 1. The first kappa shape index (κ1) is 36.0. The third kappa shape index (κ3) is 17.4. The van der Waals surface area contributed by atoms with E-state index < -0.39 is 62.2 Å². The lowest BCUT2D eigenvalue weighted by Crippen LogP contribution is -2.50. The van der Waals surface area contributed by atoms with Crippen molar-refractivity contribution in [3.05, 3.63) is 35.4 Å². The number of unbranched alkanes of at least 4 members (excludes halogenated alkanes) is 5. The van der Waals surface area contributed by atoms with Crippen LogP contribution in [-0.2, 0) is 36.8 Å². The summed E-state index contributed by atoms with van der Waals surface area (Å²) in [6, 6.07) is 8.28. The van der Waals surface area contributed by atoms with E-state index in [0.717, 1.165) is 23.3 Å². The molecule has 1 unspecified atom stereocenters. The Morgan fingerprint density at radius 2 is 1.22 bits per heavy atom. The van der Waals surface area contributed by atoms with Crippen molar-refractivity contribution in [1.29, 1.82) is 0 Å². The van der Waals surface area contributed by atoms with Gasteiger partial charge in [-0.1, -0.05) is 63.3 Å². The summed E-state index contributed by atoms with van der Waals surface area (Å²) in [5, 5.41) is 37.0. The van der Waals surface area contributed by atoms with Crippen LogP contribution in [0.4, 0.5) is 0 Å². The largest absolute Gasteiger partial charge is 0.480 e. The first-order chi connectivity index (χ1) is 19.5. The Morgan fingerprint density at radius 1 is 0.756 bits per heavy atom. The van der Waals surface area contributed by atoms with E-state index in [2.05, 4.69) is 19.1 Å².